The smallest absolute Gasteiger partial charge is 0.407 e. The molecular formula is C28H36N6O4. The summed E-state index contributed by atoms with van der Waals surface area (Å²) in [6.07, 6.45) is 6.18. The molecule has 0 radical (unpaired) electrons. The van der Waals surface area contributed by atoms with Gasteiger partial charge in [0.2, 0.25) is 5.91 Å². The van der Waals surface area contributed by atoms with Gasteiger partial charge in [-0.15, -0.1) is 0 Å². The van der Waals surface area contributed by atoms with Gasteiger partial charge in [-0.05, 0) is 71.7 Å². The van der Waals surface area contributed by atoms with Crippen LogP contribution in [0.3, 0.4) is 0 Å². The molecule has 3 aromatic rings. The zero-order valence-corrected chi connectivity index (χ0v) is 22.7. The highest BCUT2D eigenvalue weighted by molar-refractivity contribution is 6.09. The summed E-state index contributed by atoms with van der Waals surface area (Å²) in [5.74, 6) is -0.788. The van der Waals surface area contributed by atoms with Gasteiger partial charge in [0.1, 0.15) is 17.3 Å². The van der Waals surface area contributed by atoms with Crippen molar-refractivity contribution >= 4 is 23.6 Å². The molecule has 0 saturated heterocycles. The molecule has 0 aliphatic carbocycles. The van der Waals surface area contributed by atoms with Gasteiger partial charge in [-0.1, -0.05) is 18.2 Å². The van der Waals surface area contributed by atoms with Crippen molar-refractivity contribution in [3.05, 3.63) is 78.1 Å². The van der Waals surface area contributed by atoms with Crippen molar-refractivity contribution in [1.29, 1.82) is 0 Å². The molecule has 0 aliphatic rings. The number of H-pyrrole nitrogens is 1. The number of pyridine rings is 1. The van der Waals surface area contributed by atoms with E-state index < -0.39 is 29.2 Å². The van der Waals surface area contributed by atoms with E-state index in [1.165, 1.54) is 17.4 Å². The summed E-state index contributed by atoms with van der Waals surface area (Å²) in [7, 11) is 0. The second-order valence-corrected chi connectivity index (χ2v) is 10.9. The van der Waals surface area contributed by atoms with Gasteiger partial charge in [0.15, 0.2) is 0 Å². The quantitative estimate of drug-likeness (QED) is 0.409. The Morgan fingerprint density at radius 1 is 1.05 bits per heavy atom. The summed E-state index contributed by atoms with van der Waals surface area (Å²) < 4.78 is 5.27. The number of nitrogens with zero attached hydrogens (tertiary/aromatic N) is 3. The van der Waals surface area contributed by atoms with Crippen LogP contribution in [0.1, 0.15) is 69.2 Å². The second-order valence-electron chi connectivity index (χ2n) is 10.9. The lowest BCUT2D eigenvalue weighted by Gasteiger charge is -2.33. The number of carbonyl (C=O) groups is 3. The maximum Gasteiger partial charge on any atom is 0.407 e. The van der Waals surface area contributed by atoms with Crippen LogP contribution in [0.15, 0.2) is 61.3 Å². The normalized spacial score (nSPS) is 12.4. The number of alkyl carbamates (subject to hydrolysis) is 1. The summed E-state index contributed by atoms with van der Waals surface area (Å²) in [6.45, 7) is 11.4. The molecule has 2 aromatic heterocycles. The van der Waals surface area contributed by atoms with Crippen LogP contribution in [0.2, 0.25) is 0 Å². The number of nitrogens with one attached hydrogen (secondary N) is 3. The van der Waals surface area contributed by atoms with Crippen molar-refractivity contribution < 1.29 is 19.1 Å². The van der Waals surface area contributed by atoms with Crippen molar-refractivity contribution in [3.8, 4) is 0 Å². The van der Waals surface area contributed by atoms with Crippen molar-refractivity contribution in [2.24, 2.45) is 0 Å². The van der Waals surface area contributed by atoms with Gasteiger partial charge in [-0.3, -0.25) is 19.5 Å². The molecule has 10 heteroatoms. The van der Waals surface area contributed by atoms with E-state index in [2.05, 4.69) is 25.6 Å². The molecule has 1 aromatic carbocycles. The lowest BCUT2D eigenvalue weighted by molar-refractivity contribution is -0.123. The molecule has 3 rings (SSSR count). The van der Waals surface area contributed by atoms with Crippen LogP contribution in [0.4, 0.5) is 10.5 Å². The number of amides is 3. The highest BCUT2D eigenvalue weighted by atomic mass is 16.6. The Balaban J connectivity index is 1.91. The fourth-order valence-electron chi connectivity index (χ4n) is 3.72. The number of ether oxygens (including phenoxy) is 1. The Morgan fingerprint density at radius 3 is 2.32 bits per heavy atom. The fourth-order valence-corrected chi connectivity index (χ4v) is 3.72. The Bertz CT molecular complexity index is 1210. The minimum absolute atomic E-state index is 0.174. The van der Waals surface area contributed by atoms with E-state index in [4.69, 9.17) is 4.74 Å². The standard InChI is InChI=1S/C28H36N6O4/c1-27(2,3)33-24(35)23(20-8-7-14-29-16-20)34(25(36)22-17-30-18-32-22)21-11-9-19(10-12-21)13-15-31-26(37)38-28(4,5)6/h7-12,14,16-18,23H,13,15H2,1-6H3,(H,30,32)(H,31,37)(H,33,35). The van der Waals surface area contributed by atoms with E-state index in [1.54, 1.807) is 36.7 Å². The largest absolute Gasteiger partial charge is 0.444 e. The Hall–Kier alpha value is -4.21. The molecule has 1 unspecified atom stereocenters. The summed E-state index contributed by atoms with van der Waals surface area (Å²) in [4.78, 5) is 51.8. The predicted octanol–water partition coefficient (Wildman–Crippen LogP) is 4.17. The molecule has 0 aliphatic heterocycles. The number of hydrogen-bond donors (Lipinski definition) is 3. The lowest BCUT2D eigenvalue weighted by atomic mass is 10.0. The van der Waals surface area contributed by atoms with Crippen LogP contribution in [0.25, 0.3) is 0 Å². The highest BCUT2D eigenvalue weighted by Crippen LogP contribution is 2.30. The van der Waals surface area contributed by atoms with Gasteiger partial charge >= 0.3 is 6.09 Å². The molecule has 2 heterocycles. The van der Waals surface area contributed by atoms with Crippen LogP contribution in [-0.4, -0.2) is 50.5 Å². The molecule has 38 heavy (non-hydrogen) atoms. The topological polar surface area (TPSA) is 129 Å². The van der Waals surface area contributed by atoms with Crippen LogP contribution in [0, 0.1) is 0 Å². The average molecular weight is 521 g/mol. The summed E-state index contributed by atoms with van der Waals surface area (Å²) in [5, 5.41) is 5.73. The van der Waals surface area contributed by atoms with E-state index in [9.17, 15) is 14.4 Å². The number of imidazole rings is 1. The number of hydrogen-bond acceptors (Lipinski definition) is 6. The number of aromatic nitrogens is 3. The second kappa shape index (κ2) is 11.9. The maximum atomic E-state index is 13.7. The van der Waals surface area contributed by atoms with Crippen LogP contribution < -0.4 is 15.5 Å². The molecule has 3 amide bonds. The predicted molar refractivity (Wildman–Crippen MR) is 145 cm³/mol. The lowest BCUT2D eigenvalue weighted by Crippen LogP contribution is -2.49. The molecule has 10 nitrogen and oxygen atoms in total. The van der Waals surface area contributed by atoms with Crippen LogP contribution >= 0.6 is 0 Å². The van der Waals surface area contributed by atoms with E-state index in [0.29, 0.717) is 24.2 Å². The first-order valence-electron chi connectivity index (χ1n) is 12.4. The highest BCUT2D eigenvalue weighted by Gasteiger charge is 2.35. The van der Waals surface area contributed by atoms with Crippen molar-refractivity contribution in [1.82, 2.24) is 25.6 Å². The zero-order valence-electron chi connectivity index (χ0n) is 22.7. The molecule has 0 bridgehead atoms. The fraction of sp³-hybridized carbons (Fsp3) is 0.393. The summed E-state index contributed by atoms with van der Waals surface area (Å²) in [6, 6.07) is 9.78. The number of rotatable bonds is 8. The zero-order chi connectivity index (χ0) is 27.9. The maximum absolute atomic E-state index is 13.7. The Labute approximate surface area is 223 Å². The minimum Gasteiger partial charge on any atom is -0.444 e. The van der Waals surface area contributed by atoms with E-state index in [-0.39, 0.29) is 11.6 Å². The molecule has 1 atom stereocenters. The summed E-state index contributed by atoms with van der Waals surface area (Å²) in [5.41, 5.74) is 1.09. The molecule has 0 spiro atoms. The number of carbonyl (C=O) groups excluding carboxylic acids is 3. The molecule has 0 fully saturated rings. The van der Waals surface area contributed by atoms with Crippen LogP contribution in [0.5, 0.6) is 0 Å². The monoisotopic (exact) mass is 520 g/mol. The van der Waals surface area contributed by atoms with Gasteiger partial charge in [0, 0.05) is 41.9 Å². The van der Waals surface area contributed by atoms with Crippen LogP contribution in [-0.2, 0) is 16.0 Å². The third-order valence-electron chi connectivity index (χ3n) is 5.24. The third kappa shape index (κ3) is 8.16. The minimum atomic E-state index is -0.994. The van der Waals surface area contributed by atoms with Gasteiger partial charge in [0.25, 0.3) is 5.91 Å². The van der Waals surface area contributed by atoms with E-state index in [0.717, 1.165) is 5.56 Å². The van der Waals surface area contributed by atoms with Gasteiger partial charge in [-0.2, -0.15) is 0 Å². The first-order chi connectivity index (χ1) is 17.8. The molecule has 202 valence electrons. The number of benzene rings is 1. The summed E-state index contributed by atoms with van der Waals surface area (Å²) >= 11 is 0. The van der Waals surface area contributed by atoms with E-state index >= 15 is 0 Å². The first-order valence-corrected chi connectivity index (χ1v) is 12.4. The van der Waals surface area contributed by atoms with Crippen molar-refractivity contribution in [3.63, 3.8) is 0 Å². The Kier molecular flexibility index (Phi) is 8.88. The SMILES string of the molecule is CC(C)(C)NC(=O)C(c1cccnc1)N(C(=O)c1c[nH]cn1)c1ccc(CCNC(=O)OC(C)(C)C)cc1. The Morgan fingerprint density at radius 2 is 1.76 bits per heavy atom. The van der Waals surface area contributed by atoms with E-state index in [1.807, 2.05) is 53.7 Å². The number of aromatic amines is 1. The van der Waals surface area contributed by atoms with Gasteiger partial charge < -0.3 is 20.4 Å². The third-order valence-corrected chi connectivity index (χ3v) is 5.24. The average Bonchev–Trinajstić information content (AvgIpc) is 3.36. The van der Waals surface area contributed by atoms with Crippen molar-refractivity contribution in [2.75, 3.05) is 11.4 Å². The van der Waals surface area contributed by atoms with Crippen molar-refractivity contribution in [2.45, 2.75) is 65.1 Å². The van der Waals surface area contributed by atoms with Gasteiger partial charge in [0.05, 0.1) is 6.33 Å². The van der Waals surface area contributed by atoms with Gasteiger partial charge in [-0.25, -0.2) is 9.78 Å². The molecule has 3 N–H and O–H groups in total. The first kappa shape index (κ1) is 28.4. The molecular weight excluding hydrogens is 484 g/mol. The molecule has 0 saturated carbocycles. The number of anilines is 1.